The van der Waals surface area contributed by atoms with Gasteiger partial charge in [-0.25, -0.2) is 13.6 Å². The Morgan fingerprint density at radius 1 is 1.17 bits per heavy atom. The van der Waals surface area contributed by atoms with Gasteiger partial charge < -0.3 is 19.7 Å². The van der Waals surface area contributed by atoms with Crippen LogP contribution in [0.5, 0.6) is 5.75 Å². The molecule has 122 valence electrons. The first kappa shape index (κ1) is 16.9. The lowest BCUT2D eigenvalue weighted by molar-refractivity contribution is 0.0481. The highest BCUT2D eigenvalue weighted by Crippen LogP contribution is 2.33. The molecule has 0 fully saturated rings. The van der Waals surface area contributed by atoms with Crippen LogP contribution in [0.4, 0.5) is 8.78 Å². The van der Waals surface area contributed by atoms with Crippen LogP contribution >= 0.6 is 0 Å². The van der Waals surface area contributed by atoms with Crippen LogP contribution in [0, 0.1) is 11.6 Å². The number of ether oxygens (including phenoxy) is 2. The maximum atomic E-state index is 14.1. The first-order valence-electron chi connectivity index (χ1n) is 6.56. The van der Waals surface area contributed by atoms with E-state index in [1.54, 1.807) is 0 Å². The highest BCUT2D eigenvalue weighted by Gasteiger charge is 2.23. The Kier molecular flexibility index (Phi) is 5.25. The summed E-state index contributed by atoms with van der Waals surface area (Å²) in [6, 6.07) is 7.21. The second kappa shape index (κ2) is 7.17. The molecule has 2 rings (SSSR count). The Hall–Kier alpha value is -2.51. The number of carboxylic acid groups (broad SMARTS) is 1. The van der Waals surface area contributed by atoms with Crippen LogP contribution in [-0.2, 0) is 4.74 Å². The number of aliphatic hydroxyl groups is 1. The number of hydrogen-bond acceptors (Lipinski definition) is 4. The maximum Gasteiger partial charge on any atom is 0.335 e. The smallest absolute Gasteiger partial charge is 0.335 e. The molecule has 0 radical (unpaired) electrons. The van der Waals surface area contributed by atoms with Crippen molar-refractivity contribution in [3.05, 3.63) is 64.7 Å². The van der Waals surface area contributed by atoms with Crippen molar-refractivity contribution in [1.82, 2.24) is 0 Å². The van der Waals surface area contributed by atoms with E-state index in [0.29, 0.717) is 0 Å². The van der Waals surface area contributed by atoms with Gasteiger partial charge >= 0.3 is 5.97 Å². The minimum Gasteiger partial charge on any atom is -0.478 e. The summed E-state index contributed by atoms with van der Waals surface area (Å²) < 4.78 is 37.4. The summed E-state index contributed by atoms with van der Waals surface area (Å²) in [5.41, 5.74) is -0.177. The molecule has 0 amide bonds. The summed E-state index contributed by atoms with van der Waals surface area (Å²) in [4.78, 5) is 10.8. The molecule has 0 bridgehead atoms. The minimum atomic E-state index is -1.53. The second-order valence-corrected chi connectivity index (χ2v) is 4.65. The van der Waals surface area contributed by atoms with Gasteiger partial charge in [0, 0.05) is 7.11 Å². The van der Waals surface area contributed by atoms with E-state index in [0.717, 1.165) is 6.07 Å². The normalized spacial score (nSPS) is 12.0. The molecular formula is C16H14F2O5. The molecule has 2 aromatic carbocycles. The number of carboxylic acids is 1. The van der Waals surface area contributed by atoms with Crippen molar-refractivity contribution in [2.75, 3.05) is 13.9 Å². The SMILES string of the molecule is COCOc1ccc(F)c(F)c1C(O)c1ccc(C(=O)O)cc1. The largest absolute Gasteiger partial charge is 0.478 e. The summed E-state index contributed by atoms with van der Waals surface area (Å²) in [6.45, 7) is -0.206. The molecule has 0 spiro atoms. The maximum absolute atomic E-state index is 14.1. The third-order valence-corrected chi connectivity index (χ3v) is 3.17. The van der Waals surface area contributed by atoms with Gasteiger partial charge in [-0.05, 0) is 29.8 Å². The van der Waals surface area contributed by atoms with Crippen LogP contribution < -0.4 is 4.74 Å². The number of hydrogen-bond donors (Lipinski definition) is 2. The molecule has 2 N–H and O–H groups in total. The Morgan fingerprint density at radius 3 is 2.39 bits per heavy atom. The highest BCUT2D eigenvalue weighted by atomic mass is 19.2. The Balaban J connectivity index is 2.42. The summed E-state index contributed by atoms with van der Waals surface area (Å²) in [7, 11) is 1.36. The topological polar surface area (TPSA) is 76.0 Å². The average Bonchev–Trinajstić information content (AvgIpc) is 2.55. The number of rotatable bonds is 6. The first-order chi connectivity index (χ1) is 11.0. The number of benzene rings is 2. The molecule has 23 heavy (non-hydrogen) atoms. The number of halogens is 2. The van der Waals surface area contributed by atoms with Crippen molar-refractivity contribution >= 4 is 5.97 Å². The molecule has 0 aliphatic rings. The van der Waals surface area contributed by atoms with E-state index in [1.807, 2.05) is 0 Å². The lowest BCUT2D eigenvalue weighted by atomic mass is 9.99. The van der Waals surface area contributed by atoms with Gasteiger partial charge in [0.25, 0.3) is 0 Å². The zero-order valence-corrected chi connectivity index (χ0v) is 12.1. The molecule has 1 unspecified atom stereocenters. The highest BCUT2D eigenvalue weighted by molar-refractivity contribution is 5.87. The minimum absolute atomic E-state index is 0.0107. The van der Waals surface area contributed by atoms with Crippen LogP contribution in [0.1, 0.15) is 27.6 Å². The Morgan fingerprint density at radius 2 is 1.83 bits per heavy atom. The molecule has 0 saturated heterocycles. The first-order valence-corrected chi connectivity index (χ1v) is 6.56. The Labute approximate surface area is 130 Å². The van der Waals surface area contributed by atoms with Crippen LogP contribution in [0.15, 0.2) is 36.4 Å². The van der Waals surface area contributed by atoms with Crippen LogP contribution in [0.3, 0.4) is 0 Å². The third-order valence-electron chi connectivity index (χ3n) is 3.17. The summed E-state index contributed by atoms with van der Waals surface area (Å²) >= 11 is 0. The van der Waals surface area contributed by atoms with Gasteiger partial charge in [0.15, 0.2) is 18.4 Å². The Bertz CT molecular complexity index is 700. The molecule has 0 aliphatic carbocycles. The van der Waals surface area contributed by atoms with Gasteiger partial charge in [-0.2, -0.15) is 0 Å². The molecule has 5 nitrogen and oxygen atoms in total. The number of aliphatic hydroxyl groups excluding tert-OH is 1. The van der Waals surface area contributed by atoms with Crippen molar-refractivity contribution in [3.8, 4) is 5.75 Å². The van der Waals surface area contributed by atoms with Crippen molar-refractivity contribution in [3.63, 3.8) is 0 Å². The molecule has 0 heterocycles. The van der Waals surface area contributed by atoms with Crippen LogP contribution in [0.25, 0.3) is 0 Å². The van der Waals surface area contributed by atoms with Gasteiger partial charge in [0.1, 0.15) is 11.9 Å². The standard InChI is InChI=1S/C16H14F2O5/c1-22-8-23-12-7-6-11(17)14(18)13(12)15(19)9-2-4-10(5-3-9)16(20)21/h2-7,15,19H,8H2,1H3,(H,20,21). The number of aromatic carboxylic acids is 1. The molecular weight excluding hydrogens is 310 g/mol. The summed E-state index contributed by atoms with van der Waals surface area (Å²) in [6.07, 6.45) is -1.53. The molecule has 0 aliphatic heterocycles. The van der Waals surface area contributed by atoms with E-state index >= 15 is 0 Å². The molecule has 7 heteroatoms. The van der Waals surface area contributed by atoms with E-state index in [2.05, 4.69) is 0 Å². The van der Waals surface area contributed by atoms with Crippen LogP contribution in [0.2, 0.25) is 0 Å². The fourth-order valence-electron chi connectivity index (χ4n) is 2.03. The predicted octanol–water partition coefficient (Wildman–Crippen LogP) is 2.73. The van der Waals surface area contributed by atoms with Crippen molar-refractivity contribution in [1.29, 1.82) is 0 Å². The lowest BCUT2D eigenvalue weighted by Gasteiger charge is -2.17. The van der Waals surface area contributed by atoms with Crippen molar-refractivity contribution in [2.24, 2.45) is 0 Å². The monoisotopic (exact) mass is 324 g/mol. The fraction of sp³-hybridized carbons (Fsp3) is 0.188. The van der Waals surface area contributed by atoms with E-state index in [4.69, 9.17) is 14.6 Å². The zero-order valence-electron chi connectivity index (χ0n) is 12.1. The lowest BCUT2D eigenvalue weighted by Crippen LogP contribution is -2.10. The molecule has 0 aromatic heterocycles. The molecule has 0 saturated carbocycles. The van der Waals surface area contributed by atoms with E-state index in [9.17, 15) is 18.7 Å². The van der Waals surface area contributed by atoms with E-state index < -0.39 is 23.7 Å². The summed E-state index contributed by atoms with van der Waals surface area (Å²) in [5, 5.41) is 19.2. The van der Waals surface area contributed by atoms with E-state index in [1.165, 1.54) is 37.4 Å². The van der Waals surface area contributed by atoms with Gasteiger partial charge in [0.05, 0.1) is 11.1 Å². The number of methoxy groups -OCH3 is 1. The summed E-state index contributed by atoms with van der Waals surface area (Å²) in [5.74, 6) is -3.58. The quantitative estimate of drug-likeness (QED) is 0.799. The van der Waals surface area contributed by atoms with Gasteiger partial charge in [-0.3, -0.25) is 0 Å². The zero-order chi connectivity index (χ0) is 17.0. The van der Waals surface area contributed by atoms with Gasteiger partial charge in [-0.1, -0.05) is 12.1 Å². The predicted molar refractivity (Wildman–Crippen MR) is 76.3 cm³/mol. The third kappa shape index (κ3) is 3.64. The molecule has 2 aromatic rings. The van der Waals surface area contributed by atoms with Crippen LogP contribution in [-0.4, -0.2) is 30.1 Å². The van der Waals surface area contributed by atoms with Gasteiger partial charge in [0.2, 0.25) is 0 Å². The van der Waals surface area contributed by atoms with Gasteiger partial charge in [-0.15, -0.1) is 0 Å². The fourth-order valence-corrected chi connectivity index (χ4v) is 2.03. The van der Waals surface area contributed by atoms with E-state index in [-0.39, 0.29) is 29.2 Å². The average molecular weight is 324 g/mol. The van der Waals surface area contributed by atoms with Crippen molar-refractivity contribution in [2.45, 2.75) is 6.10 Å². The second-order valence-electron chi connectivity index (χ2n) is 4.65. The molecule has 1 atom stereocenters. The number of carbonyl (C=O) groups is 1. The van der Waals surface area contributed by atoms with Crippen molar-refractivity contribution < 1.29 is 33.3 Å².